The summed E-state index contributed by atoms with van der Waals surface area (Å²) in [6, 6.07) is 10.5. The van der Waals surface area contributed by atoms with E-state index in [0.717, 1.165) is 11.5 Å². The molecule has 0 saturated heterocycles. The summed E-state index contributed by atoms with van der Waals surface area (Å²) in [5, 5.41) is 2.79. The molecule has 0 aliphatic carbocycles. The van der Waals surface area contributed by atoms with Crippen LogP contribution in [0.1, 0.15) is 129 Å². The molecule has 0 spiro atoms. The van der Waals surface area contributed by atoms with Gasteiger partial charge in [0.2, 0.25) is 5.91 Å². The van der Waals surface area contributed by atoms with Gasteiger partial charge in [0.25, 0.3) is 0 Å². The third-order valence-corrected chi connectivity index (χ3v) is 7.73. The van der Waals surface area contributed by atoms with E-state index in [2.05, 4.69) is 46.5 Å². The highest BCUT2D eigenvalue weighted by Crippen LogP contribution is 2.36. The summed E-state index contributed by atoms with van der Waals surface area (Å²) in [5.74, 6) is 0.308. The lowest BCUT2D eigenvalue weighted by molar-refractivity contribution is -0.165. The van der Waals surface area contributed by atoms with Crippen molar-refractivity contribution in [2.75, 3.05) is 0 Å². The molecule has 0 radical (unpaired) electrons. The van der Waals surface area contributed by atoms with Crippen LogP contribution in [0.25, 0.3) is 0 Å². The minimum absolute atomic E-state index is 0.00415. The zero-order chi connectivity index (χ0) is 32.3. The van der Waals surface area contributed by atoms with Gasteiger partial charge in [0, 0.05) is 5.02 Å². The van der Waals surface area contributed by atoms with Crippen LogP contribution in [0.15, 0.2) is 60.7 Å². The van der Waals surface area contributed by atoms with Gasteiger partial charge in [-0.1, -0.05) is 133 Å². The smallest absolute Gasteiger partial charge is 0.340 e. The number of hydrogen-bond acceptors (Lipinski definition) is 1. The second-order valence-corrected chi connectivity index (χ2v) is 12.1. The molecule has 2 nitrogen and oxygen atoms in total. The first-order valence-corrected chi connectivity index (χ1v) is 15.9. The Morgan fingerprint density at radius 1 is 0.952 bits per heavy atom. The predicted octanol–water partition coefficient (Wildman–Crippen LogP) is 12.1. The minimum atomic E-state index is -4.60. The molecule has 0 aromatic heterocycles. The normalized spacial score (nSPS) is 13.2. The Bertz CT molecular complexity index is 1030. The molecule has 0 bridgehead atoms. The predicted molar refractivity (Wildman–Crippen MR) is 175 cm³/mol. The fourth-order valence-electron chi connectivity index (χ4n) is 4.78. The number of hydrogen-bond donors (Lipinski definition) is 1. The summed E-state index contributed by atoms with van der Waals surface area (Å²) in [6.07, 6.45) is 5.77. The van der Waals surface area contributed by atoms with E-state index in [1.54, 1.807) is 38.1 Å². The molecule has 2 aromatic rings. The molecule has 2 atom stereocenters. The van der Waals surface area contributed by atoms with Crippen LogP contribution in [-0.4, -0.2) is 12.1 Å². The lowest BCUT2D eigenvalue weighted by atomic mass is 9.77. The van der Waals surface area contributed by atoms with E-state index in [-0.39, 0.29) is 5.56 Å². The van der Waals surface area contributed by atoms with Crippen LogP contribution in [0, 0.1) is 12.8 Å². The van der Waals surface area contributed by atoms with Gasteiger partial charge in [-0.05, 0) is 68.7 Å². The third kappa shape index (κ3) is 14.8. The first-order valence-electron chi connectivity index (χ1n) is 15.5. The lowest BCUT2D eigenvalue weighted by Crippen LogP contribution is -2.47. The van der Waals surface area contributed by atoms with Crippen LogP contribution in [0.3, 0.4) is 0 Å². The number of unbranched alkanes of at least 4 members (excludes halogenated alkanes) is 1. The summed E-state index contributed by atoms with van der Waals surface area (Å²) in [7, 11) is 0. The minimum Gasteiger partial charge on any atom is -0.340 e. The lowest BCUT2D eigenvalue weighted by Gasteiger charge is -2.32. The summed E-state index contributed by atoms with van der Waals surface area (Å²) in [6.45, 7) is 20.3. The Balaban J connectivity index is 0.000000920. The summed E-state index contributed by atoms with van der Waals surface area (Å²) in [4.78, 5) is 13.0. The van der Waals surface area contributed by atoms with Gasteiger partial charge in [-0.15, -0.1) is 6.58 Å². The van der Waals surface area contributed by atoms with Gasteiger partial charge in [0.1, 0.15) is 0 Å². The number of rotatable bonds is 13. The van der Waals surface area contributed by atoms with Crippen molar-refractivity contribution in [3.05, 3.63) is 82.4 Å². The number of allylic oxidation sites excluding steroid dienone is 1. The number of aryl methyl sites for hydroxylation is 1. The molecule has 0 aliphatic heterocycles. The van der Waals surface area contributed by atoms with E-state index in [4.69, 9.17) is 11.6 Å². The number of carbonyl (C=O) groups is 1. The molecular weight excluding hydrogens is 555 g/mol. The van der Waals surface area contributed by atoms with E-state index in [1.165, 1.54) is 74.8 Å². The van der Waals surface area contributed by atoms with Crippen LogP contribution in [-0.2, 0) is 10.2 Å². The fraction of sp³-hybridized carbons (Fsp3) is 0.583. The molecule has 1 N–H and O–H groups in total. The Labute approximate surface area is 259 Å². The zero-order valence-electron chi connectivity index (χ0n) is 27.3. The van der Waals surface area contributed by atoms with Crippen molar-refractivity contribution in [2.24, 2.45) is 5.92 Å². The van der Waals surface area contributed by atoms with Crippen LogP contribution in [0.2, 0.25) is 5.02 Å². The number of halogens is 4. The average Bonchev–Trinajstić information content (AvgIpc) is 2.92. The molecular formula is C36H55ClF3NO. The number of carbonyl (C=O) groups excluding carboxylic acids is 1. The largest absolute Gasteiger partial charge is 0.412 e. The van der Waals surface area contributed by atoms with Crippen molar-refractivity contribution in [1.82, 2.24) is 5.32 Å². The van der Waals surface area contributed by atoms with Gasteiger partial charge in [-0.2, -0.15) is 13.2 Å². The quantitative estimate of drug-likeness (QED) is 0.225. The van der Waals surface area contributed by atoms with Gasteiger partial charge >= 0.3 is 6.18 Å². The van der Waals surface area contributed by atoms with Crippen molar-refractivity contribution in [1.29, 1.82) is 0 Å². The first kappa shape index (κ1) is 39.7. The maximum Gasteiger partial charge on any atom is 0.412 e. The molecule has 2 rings (SSSR count). The fourth-order valence-corrected chi connectivity index (χ4v) is 4.89. The Morgan fingerprint density at radius 2 is 1.52 bits per heavy atom. The molecule has 0 aliphatic rings. The van der Waals surface area contributed by atoms with Gasteiger partial charge in [-0.25, -0.2) is 0 Å². The number of nitrogens with one attached hydrogen (secondary N) is 1. The topological polar surface area (TPSA) is 29.1 Å². The average molecular weight is 610 g/mol. The summed E-state index contributed by atoms with van der Waals surface area (Å²) >= 11 is 6.06. The molecule has 2 unspecified atom stereocenters. The summed E-state index contributed by atoms with van der Waals surface area (Å²) < 4.78 is 40.9. The Kier molecular flexibility index (Phi) is 19.5. The van der Waals surface area contributed by atoms with Crippen molar-refractivity contribution >= 4 is 17.5 Å². The van der Waals surface area contributed by atoms with Crippen LogP contribution in [0.4, 0.5) is 13.2 Å². The molecule has 42 heavy (non-hydrogen) atoms. The molecule has 6 heteroatoms. The molecule has 0 heterocycles. The number of benzene rings is 2. The standard InChI is InChI=1S/C21H23ClF3NO.C8H18.C7H14/c1-4-12-20(3,16-10-11-17(22)14(2)13-16)19(27)26-18(21(23,24)25)15-8-6-5-7-9-15;1-4-6-8(3)7-5-2;1-4-5-6-7(2)3/h5-11,13,18H,4,12H2,1-3H3,(H,26,27);8H,4-7H2,1-3H3;2,4-6H2,1,3H3. The van der Waals surface area contributed by atoms with Gasteiger partial charge in [-0.3, -0.25) is 4.79 Å². The highest BCUT2D eigenvalue weighted by atomic mass is 35.5. The van der Waals surface area contributed by atoms with Crippen LogP contribution in [0.5, 0.6) is 0 Å². The van der Waals surface area contributed by atoms with Crippen molar-refractivity contribution in [2.45, 2.75) is 131 Å². The van der Waals surface area contributed by atoms with E-state index in [1.807, 2.05) is 6.92 Å². The maximum atomic E-state index is 13.6. The molecule has 2 aromatic carbocycles. The van der Waals surface area contributed by atoms with Crippen LogP contribution >= 0.6 is 11.6 Å². The van der Waals surface area contributed by atoms with Gasteiger partial charge < -0.3 is 5.32 Å². The molecule has 238 valence electrons. The summed E-state index contributed by atoms with van der Waals surface area (Å²) in [5.41, 5.74) is 1.64. The van der Waals surface area contributed by atoms with Crippen LogP contribution < -0.4 is 5.32 Å². The van der Waals surface area contributed by atoms with Crippen molar-refractivity contribution in [3.63, 3.8) is 0 Å². The van der Waals surface area contributed by atoms with E-state index < -0.39 is 23.5 Å². The highest BCUT2D eigenvalue weighted by Gasteiger charge is 2.45. The monoisotopic (exact) mass is 609 g/mol. The van der Waals surface area contributed by atoms with E-state index in [9.17, 15) is 18.0 Å². The van der Waals surface area contributed by atoms with Crippen molar-refractivity contribution < 1.29 is 18.0 Å². The second-order valence-electron chi connectivity index (χ2n) is 11.6. The Morgan fingerprint density at radius 3 is 1.93 bits per heavy atom. The maximum absolute atomic E-state index is 13.6. The van der Waals surface area contributed by atoms with Gasteiger partial charge in [0.05, 0.1) is 5.41 Å². The zero-order valence-corrected chi connectivity index (χ0v) is 28.0. The molecule has 1 amide bonds. The van der Waals surface area contributed by atoms with Gasteiger partial charge in [0.15, 0.2) is 6.04 Å². The first-order chi connectivity index (χ1) is 19.7. The SMILES string of the molecule is C=C(C)CCCC.CCCC(C)(C(=O)NC(c1ccccc1)C(F)(F)F)c1ccc(Cl)c(C)c1.CCCC(C)CCC. The number of alkyl halides is 3. The number of amides is 1. The Hall–Kier alpha value is -2.27. The second kappa shape index (κ2) is 20.6. The van der Waals surface area contributed by atoms with E-state index in [0.29, 0.717) is 23.4 Å². The van der Waals surface area contributed by atoms with E-state index >= 15 is 0 Å². The molecule has 0 fully saturated rings. The molecule has 0 saturated carbocycles. The third-order valence-electron chi connectivity index (χ3n) is 7.30. The highest BCUT2D eigenvalue weighted by molar-refractivity contribution is 6.31. The van der Waals surface area contributed by atoms with Crippen molar-refractivity contribution in [3.8, 4) is 0 Å².